The molecule has 0 atom stereocenters. The lowest BCUT2D eigenvalue weighted by atomic mass is 10.2. The zero-order chi connectivity index (χ0) is 13.5. The van der Waals surface area contributed by atoms with Crippen molar-refractivity contribution < 1.29 is 4.79 Å². The van der Waals surface area contributed by atoms with Crippen molar-refractivity contribution in [1.29, 1.82) is 0 Å². The van der Waals surface area contributed by atoms with E-state index in [2.05, 4.69) is 25.8 Å². The van der Waals surface area contributed by atoms with Crippen LogP contribution in [-0.4, -0.2) is 34.7 Å². The van der Waals surface area contributed by atoms with Gasteiger partial charge in [0.1, 0.15) is 5.82 Å². The first-order chi connectivity index (χ1) is 9.29. The molecule has 2 aromatic heterocycles. The van der Waals surface area contributed by atoms with Crippen molar-refractivity contribution in [1.82, 2.24) is 20.5 Å². The third-order valence-corrected chi connectivity index (χ3v) is 2.58. The molecule has 0 fully saturated rings. The SMILES string of the molecule is CNc1ccc(C(=O)NCCc2cccnc2)nn1. The van der Waals surface area contributed by atoms with E-state index in [4.69, 9.17) is 0 Å². The van der Waals surface area contributed by atoms with Gasteiger partial charge in [-0.1, -0.05) is 6.07 Å². The monoisotopic (exact) mass is 257 g/mol. The Morgan fingerprint density at radius 3 is 2.79 bits per heavy atom. The Hall–Kier alpha value is -2.50. The van der Waals surface area contributed by atoms with Gasteiger partial charge in [-0.3, -0.25) is 9.78 Å². The van der Waals surface area contributed by atoms with Crippen molar-refractivity contribution >= 4 is 11.7 Å². The maximum absolute atomic E-state index is 11.8. The Balaban J connectivity index is 1.84. The van der Waals surface area contributed by atoms with Gasteiger partial charge in [-0.05, 0) is 30.2 Å². The number of aromatic nitrogens is 3. The van der Waals surface area contributed by atoms with E-state index in [1.54, 1.807) is 31.6 Å². The van der Waals surface area contributed by atoms with Crippen molar-refractivity contribution in [3.8, 4) is 0 Å². The molecular weight excluding hydrogens is 242 g/mol. The first kappa shape index (κ1) is 12.9. The zero-order valence-electron chi connectivity index (χ0n) is 10.6. The summed E-state index contributed by atoms with van der Waals surface area (Å²) in [6.07, 6.45) is 4.25. The van der Waals surface area contributed by atoms with Crippen LogP contribution in [-0.2, 0) is 6.42 Å². The molecule has 0 bridgehead atoms. The van der Waals surface area contributed by atoms with E-state index in [9.17, 15) is 4.79 Å². The molecule has 6 heteroatoms. The first-order valence-electron chi connectivity index (χ1n) is 5.98. The van der Waals surface area contributed by atoms with Crippen LogP contribution in [0.15, 0.2) is 36.7 Å². The summed E-state index contributed by atoms with van der Waals surface area (Å²) in [6, 6.07) is 7.20. The normalized spacial score (nSPS) is 9.95. The van der Waals surface area contributed by atoms with Crippen LogP contribution in [0.4, 0.5) is 5.82 Å². The summed E-state index contributed by atoms with van der Waals surface area (Å²) in [4.78, 5) is 15.8. The minimum absolute atomic E-state index is 0.223. The topological polar surface area (TPSA) is 79.8 Å². The molecular formula is C13H15N5O. The van der Waals surface area contributed by atoms with E-state index in [1.807, 2.05) is 12.1 Å². The van der Waals surface area contributed by atoms with Gasteiger partial charge in [0.05, 0.1) is 0 Å². The number of carbonyl (C=O) groups excluding carboxylic acids is 1. The lowest BCUT2D eigenvalue weighted by Gasteiger charge is -2.04. The highest BCUT2D eigenvalue weighted by Crippen LogP contribution is 2.01. The lowest BCUT2D eigenvalue weighted by Crippen LogP contribution is -2.26. The second kappa shape index (κ2) is 6.44. The predicted molar refractivity (Wildman–Crippen MR) is 71.9 cm³/mol. The zero-order valence-corrected chi connectivity index (χ0v) is 10.6. The molecule has 0 aromatic carbocycles. The summed E-state index contributed by atoms with van der Waals surface area (Å²) < 4.78 is 0. The third-order valence-electron chi connectivity index (χ3n) is 2.58. The van der Waals surface area contributed by atoms with Crippen molar-refractivity contribution in [2.45, 2.75) is 6.42 Å². The van der Waals surface area contributed by atoms with Gasteiger partial charge in [-0.15, -0.1) is 10.2 Å². The number of pyridine rings is 1. The molecule has 0 unspecified atom stereocenters. The molecule has 2 N–H and O–H groups in total. The van der Waals surface area contributed by atoms with Crippen LogP contribution in [0.3, 0.4) is 0 Å². The van der Waals surface area contributed by atoms with E-state index >= 15 is 0 Å². The largest absolute Gasteiger partial charge is 0.372 e. The summed E-state index contributed by atoms with van der Waals surface area (Å²) in [6.45, 7) is 0.542. The molecule has 2 heterocycles. The van der Waals surface area contributed by atoms with Gasteiger partial charge >= 0.3 is 0 Å². The number of rotatable bonds is 5. The quantitative estimate of drug-likeness (QED) is 0.831. The summed E-state index contributed by atoms with van der Waals surface area (Å²) in [5, 5.41) is 13.3. The molecule has 6 nitrogen and oxygen atoms in total. The number of hydrogen-bond donors (Lipinski definition) is 2. The van der Waals surface area contributed by atoms with Crippen molar-refractivity contribution in [2.24, 2.45) is 0 Å². The number of amides is 1. The maximum atomic E-state index is 11.8. The Bertz CT molecular complexity index is 526. The standard InChI is InChI=1S/C13H15N5O/c1-14-12-5-4-11(17-18-12)13(19)16-8-6-10-3-2-7-15-9-10/h2-5,7,9H,6,8H2,1H3,(H,14,18)(H,16,19). The molecule has 0 aliphatic heterocycles. The highest BCUT2D eigenvalue weighted by Gasteiger charge is 2.07. The van der Waals surface area contributed by atoms with Crippen molar-refractivity contribution in [3.63, 3.8) is 0 Å². The smallest absolute Gasteiger partial charge is 0.271 e. The molecule has 98 valence electrons. The van der Waals surface area contributed by atoms with Crippen LogP contribution in [0.25, 0.3) is 0 Å². The van der Waals surface area contributed by atoms with Crippen LogP contribution in [0.2, 0.25) is 0 Å². The molecule has 2 rings (SSSR count). The van der Waals surface area contributed by atoms with Crippen molar-refractivity contribution in [2.75, 3.05) is 18.9 Å². The fourth-order valence-corrected chi connectivity index (χ4v) is 1.54. The average Bonchev–Trinajstić information content (AvgIpc) is 2.48. The number of hydrogen-bond acceptors (Lipinski definition) is 5. The number of carbonyl (C=O) groups is 1. The fraction of sp³-hybridized carbons (Fsp3) is 0.231. The number of anilines is 1. The second-order valence-corrected chi connectivity index (χ2v) is 3.92. The molecule has 1 amide bonds. The first-order valence-corrected chi connectivity index (χ1v) is 5.98. The molecule has 0 radical (unpaired) electrons. The van der Waals surface area contributed by atoms with Crippen LogP contribution in [0, 0.1) is 0 Å². The predicted octanol–water partition coefficient (Wildman–Crippen LogP) is 0.886. The van der Waals surface area contributed by atoms with Gasteiger partial charge < -0.3 is 10.6 Å². The van der Waals surface area contributed by atoms with E-state index < -0.39 is 0 Å². The van der Waals surface area contributed by atoms with Gasteiger partial charge in [-0.25, -0.2) is 0 Å². The van der Waals surface area contributed by atoms with Crippen LogP contribution in [0.1, 0.15) is 16.1 Å². The Morgan fingerprint density at radius 2 is 2.16 bits per heavy atom. The Labute approximate surface area is 111 Å². The van der Waals surface area contributed by atoms with E-state index in [0.29, 0.717) is 18.1 Å². The molecule has 0 aliphatic carbocycles. The fourth-order valence-electron chi connectivity index (χ4n) is 1.54. The number of nitrogens with one attached hydrogen (secondary N) is 2. The molecule has 0 saturated heterocycles. The third kappa shape index (κ3) is 3.74. The molecule has 0 aliphatic rings. The van der Waals surface area contributed by atoms with Crippen LogP contribution >= 0.6 is 0 Å². The Kier molecular flexibility index (Phi) is 4.39. The maximum Gasteiger partial charge on any atom is 0.271 e. The summed E-state index contributed by atoms with van der Waals surface area (Å²) in [7, 11) is 1.75. The second-order valence-electron chi connectivity index (χ2n) is 3.92. The molecule has 19 heavy (non-hydrogen) atoms. The van der Waals surface area contributed by atoms with E-state index in [0.717, 1.165) is 12.0 Å². The van der Waals surface area contributed by atoms with Gasteiger partial charge in [0.25, 0.3) is 5.91 Å². The van der Waals surface area contributed by atoms with E-state index in [1.165, 1.54) is 0 Å². The Morgan fingerprint density at radius 1 is 1.26 bits per heavy atom. The molecule has 2 aromatic rings. The minimum atomic E-state index is -0.223. The van der Waals surface area contributed by atoms with Crippen LogP contribution in [0.5, 0.6) is 0 Å². The van der Waals surface area contributed by atoms with E-state index in [-0.39, 0.29) is 5.91 Å². The molecule has 0 spiro atoms. The van der Waals surface area contributed by atoms with Gasteiger partial charge in [-0.2, -0.15) is 0 Å². The molecule has 0 saturated carbocycles. The van der Waals surface area contributed by atoms with Crippen LogP contribution < -0.4 is 10.6 Å². The summed E-state index contributed by atoms with van der Waals surface area (Å²) in [5.41, 5.74) is 1.39. The number of nitrogens with zero attached hydrogens (tertiary/aromatic N) is 3. The van der Waals surface area contributed by atoms with Gasteiger partial charge in [0.15, 0.2) is 5.69 Å². The van der Waals surface area contributed by atoms with Crippen molar-refractivity contribution in [3.05, 3.63) is 47.9 Å². The highest BCUT2D eigenvalue weighted by atomic mass is 16.1. The minimum Gasteiger partial charge on any atom is -0.372 e. The average molecular weight is 257 g/mol. The van der Waals surface area contributed by atoms with Gasteiger partial charge in [0.2, 0.25) is 0 Å². The summed E-state index contributed by atoms with van der Waals surface area (Å²) >= 11 is 0. The highest BCUT2D eigenvalue weighted by molar-refractivity contribution is 5.92. The lowest BCUT2D eigenvalue weighted by molar-refractivity contribution is 0.0948. The van der Waals surface area contributed by atoms with Gasteiger partial charge in [0, 0.05) is 26.0 Å². The summed E-state index contributed by atoms with van der Waals surface area (Å²) in [5.74, 6) is 0.408.